The smallest absolute Gasteiger partial charge is 0.337 e. The number of carbonyl (C=O) groups is 2. The van der Waals surface area contributed by atoms with Gasteiger partial charge in [0, 0.05) is 17.2 Å². The lowest BCUT2D eigenvalue weighted by atomic mass is 10.0. The highest BCUT2D eigenvalue weighted by Crippen LogP contribution is 2.38. The van der Waals surface area contributed by atoms with E-state index in [1.54, 1.807) is 20.3 Å². The molecule has 33 heavy (non-hydrogen) atoms. The zero-order valence-electron chi connectivity index (χ0n) is 19.9. The molecule has 4 N–H and O–H groups in total. The number of nitrogens with one attached hydrogen (secondary N) is 2. The number of urea groups is 1. The zero-order chi connectivity index (χ0) is 24.6. The SMILES string of the molecule is CC(C)(C)NC(N)=O.COC(=O)[C@@H]1OC(c2ccc(OC)cc2OC)N[C@H]1c1ccccc1. The van der Waals surface area contributed by atoms with Crippen molar-refractivity contribution >= 4 is 12.0 Å². The van der Waals surface area contributed by atoms with Crippen LogP contribution < -0.4 is 25.8 Å². The molecule has 3 atom stereocenters. The second-order valence-corrected chi connectivity index (χ2v) is 8.36. The summed E-state index contributed by atoms with van der Waals surface area (Å²) in [6, 6.07) is 14.3. The molecular weight excluding hydrogens is 426 g/mol. The van der Waals surface area contributed by atoms with E-state index in [1.165, 1.54) is 7.11 Å². The monoisotopic (exact) mass is 459 g/mol. The molecule has 1 fully saturated rings. The Morgan fingerprint density at radius 1 is 1.03 bits per heavy atom. The van der Waals surface area contributed by atoms with Gasteiger partial charge in [0.15, 0.2) is 6.10 Å². The molecule has 1 saturated heterocycles. The van der Waals surface area contributed by atoms with Crippen molar-refractivity contribution in [3.8, 4) is 11.5 Å². The van der Waals surface area contributed by atoms with Crippen molar-refractivity contribution in [2.24, 2.45) is 5.73 Å². The Balaban J connectivity index is 0.000000414. The number of rotatable bonds is 5. The van der Waals surface area contributed by atoms with Gasteiger partial charge >= 0.3 is 12.0 Å². The van der Waals surface area contributed by atoms with E-state index >= 15 is 0 Å². The molecule has 0 aliphatic carbocycles. The Labute approximate surface area is 194 Å². The lowest BCUT2D eigenvalue weighted by Crippen LogP contribution is -2.43. The van der Waals surface area contributed by atoms with Crippen LogP contribution in [0.1, 0.15) is 44.2 Å². The molecule has 0 bridgehead atoms. The normalized spacial score (nSPS) is 19.6. The summed E-state index contributed by atoms with van der Waals surface area (Å²) in [4.78, 5) is 22.3. The van der Waals surface area contributed by atoms with Gasteiger partial charge in [0.1, 0.15) is 17.7 Å². The van der Waals surface area contributed by atoms with E-state index in [2.05, 4.69) is 10.6 Å². The molecule has 0 aromatic heterocycles. The van der Waals surface area contributed by atoms with Gasteiger partial charge in [-0.1, -0.05) is 30.3 Å². The molecule has 3 rings (SSSR count). The van der Waals surface area contributed by atoms with E-state index in [0.29, 0.717) is 11.5 Å². The summed E-state index contributed by atoms with van der Waals surface area (Å²) in [6.45, 7) is 5.62. The minimum absolute atomic E-state index is 0.203. The lowest BCUT2D eigenvalue weighted by Gasteiger charge is -2.17. The maximum absolute atomic E-state index is 12.2. The van der Waals surface area contributed by atoms with Crippen LogP contribution in [0.2, 0.25) is 0 Å². The standard InChI is InChI=1S/C19H21NO5.C5H12N2O/c1-22-13-9-10-14(15(11-13)23-2)18-20-16(12-7-5-4-6-8-12)17(25-18)19(21)24-3;1-5(2,3)7-4(6)8/h4-11,16-18,20H,1-3H3;1-3H3,(H3,6,7,8)/t16-,17+,18?;/m0./s1. The highest BCUT2D eigenvalue weighted by Gasteiger charge is 2.42. The van der Waals surface area contributed by atoms with Crippen molar-refractivity contribution in [3.05, 3.63) is 59.7 Å². The van der Waals surface area contributed by atoms with Gasteiger partial charge in [-0.15, -0.1) is 0 Å². The predicted molar refractivity (Wildman–Crippen MR) is 124 cm³/mol. The highest BCUT2D eigenvalue weighted by molar-refractivity contribution is 5.76. The molecule has 2 amide bonds. The van der Waals surface area contributed by atoms with Crippen LogP contribution in [0.15, 0.2) is 48.5 Å². The van der Waals surface area contributed by atoms with E-state index in [9.17, 15) is 9.59 Å². The van der Waals surface area contributed by atoms with Crippen LogP contribution >= 0.6 is 0 Å². The molecule has 2 aromatic rings. The van der Waals surface area contributed by atoms with Crippen LogP contribution in [0.3, 0.4) is 0 Å². The third-order valence-corrected chi connectivity index (χ3v) is 4.73. The fourth-order valence-electron chi connectivity index (χ4n) is 3.32. The molecule has 0 spiro atoms. The summed E-state index contributed by atoms with van der Waals surface area (Å²) in [7, 11) is 4.53. The van der Waals surface area contributed by atoms with Gasteiger partial charge < -0.3 is 30.0 Å². The Bertz CT molecular complexity index is 930. The summed E-state index contributed by atoms with van der Waals surface area (Å²) in [5.41, 5.74) is 6.37. The molecule has 9 nitrogen and oxygen atoms in total. The number of methoxy groups -OCH3 is 3. The summed E-state index contributed by atoms with van der Waals surface area (Å²) in [6.07, 6.45) is -1.25. The van der Waals surface area contributed by atoms with Crippen LogP contribution in [-0.4, -0.2) is 45.0 Å². The second-order valence-electron chi connectivity index (χ2n) is 8.36. The average molecular weight is 460 g/mol. The van der Waals surface area contributed by atoms with Gasteiger partial charge in [0.05, 0.1) is 27.4 Å². The molecule has 9 heteroatoms. The molecule has 0 saturated carbocycles. The largest absolute Gasteiger partial charge is 0.497 e. The minimum Gasteiger partial charge on any atom is -0.497 e. The Hall–Kier alpha value is -3.30. The van der Waals surface area contributed by atoms with E-state index < -0.39 is 24.3 Å². The number of esters is 1. The fraction of sp³-hybridized carbons (Fsp3) is 0.417. The molecular formula is C24H33N3O6. The third kappa shape index (κ3) is 7.37. The number of hydrogen-bond donors (Lipinski definition) is 3. The first-order valence-electron chi connectivity index (χ1n) is 10.4. The summed E-state index contributed by atoms with van der Waals surface area (Å²) in [5, 5.41) is 5.88. The van der Waals surface area contributed by atoms with E-state index in [0.717, 1.165) is 11.1 Å². The molecule has 0 radical (unpaired) electrons. The van der Waals surface area contributed by atoms with Crippen molar-refractivity contribution in [1.82, 2.24) is 10.6 Å². The number of nitrogens with two attached hydrogens (primary N) is 1. The Kier molecular flexibility index (Phi) is 9.07. The van der Waals surface area contributed by atoms with Crippen molar-refractivity contribution in [3.63, 3.8) is 0 Å². The Morgan fingerprint density at radius 2 is 1.70 bits per heavy atom. The quantitative estimate of drug-likeness (QED) is 0.588. The first-order valence-corrected chi connectivity index (χ1v) is 10.4. The summed E-state index contributed by atoms with van der Waals surface area (Å²) >= 11 is 0. The van der Waals surface area contributed by atoms with Gasteiger partial charge in [-0.2, -0.15) is 0 Å². The molecule has 1 aliphatic rings. The number of ether oxygens (including phenoxy) is 4. The van der Waals surface area contributed by atoms with Crippen LogP contribution in [0, 0.1) is 0 Å². The summed E-state index contributed by atoms with van der Waals surface area (Å²) in [5.74, 6) is 0.883. The van der Waals surface area contributed by atoms with Gasteiger partial charge in [0.2, 0.25) is 0 Å². The molecule has 2 aromatic carbocycles. The second kappa shape index (κ2) is 11.5. The molecule has 1 heterocycles. The average Bonchev–Trinajstić information content (AvgIpc) is 3.22. The first kappa shape index (κ1) is 26.0. The number of amides is 2. The Morgan fingerprint density at radius 3 is 2.18 bits per heavy atom. The molecule has 1 aliphatic heterocycles. The topological polar surface area (TPSA) is 121 Å². The van der Waals surface area contributed by atoms with Crippen LogP contribution in [-0.2, 0) is 14.3 Å². The summed E-state index contributed by atoms with van der Waals surface area (Å²) < 4.78 is 21.6. The van der Waals surface area contributed by atoms with Gasteiger partial charge in [0.25, 0.3) is 0 Å². The van der Waals surface area contributed by atoms with E-state index in [1.807, 2.05) is 63.2 Å². The van der Waals surface area contributed by atoms with Crippen molar-refractivity contribution < 1.29 is 28.5 Å². The molecule has 1 unspecified atom stereocenters. The van der Waals surface area contributed by atoms with Gasteiger partial charge in [-0.25, -0.2) is 9.59 Å². The van der Waals surface area contributed by atoms with Gasteiger partial charge in [-0.3, -0.25) is 5.32 Å². The van der Waals surface area contributed by atoms with Crippen molar-refractivity contribution in [2.45, 2.75) is 44.7 Å². The van der Waals surface area contributed by atoms with Crippen molar-refractivity contribution in [1.29, 1.82) is 0 Å². The highest BCUT2D eigenvalue weighted by atomic mass is 16.6. The maximum Gasteiger partial charge on any atom is 0.337 e. The maximum atomic E-state index is 12.2. The molecule has 180 valence electrons. The van der Waals surface area contributed by atoms with E-state index in [-0.39, 0.29) is 11.6 Å². The number of carbonyl (C=O) groups excluding carboxylic acids is 2. The third-order valence-electron chi connectivity index (χ3n) is 4.73. The minimum atomic E-state index is -0.746. The zero-order valence-corrected chi connectivity index (χ0v) is 19.9. The lowest BCUT2D eigenvalue weighted by molar-refractivity contribution is -0.154. The van der Waals surface area contributed by atoms with Crippen LogP contribution in [0.4, 0.5) is 4.79 Å². The van der Waals surface area contributed by atoms with Crippen molar-refractivity contribution in [2.75, 3.05) is 21.3 Å². The van der Waals surface area contributed by atoms with Crippen LogP contribution in [0.5, 0.6) is 11.5 Å². The number of primary amides is 1. The number of hydrogen-bond acceptors (Lipinski definition) is 7. The van der Waals surface area contributed by atoms with Crippen LogP contribution in [0.25, 0.3) is 0 Å². The number of benzene rings is 2. The predicted octanol–water partition coefficient (Wildman–Crippen LogP) is 3.06. The first-order chi connectivity index (χ1) is 15.6. The van der Waals surface area contributed by atoms with E-state index in [4.69, 9.17) is 24.7 Å². The fourth-order valence-corrected chi connectivity index (χ4v) is 3.32. The van der Waals surface area contributed by atoms with Gasteiger partial charge in [-0.05, 0) is 38.5 Å².